The summed E-state index contributed by atoms with van der Waals surface area (Å²) in [7, 11) is 0. The van der Waals surface area contributed by atoms with Gasteiger partial charge in [0.2, 0.25) is 0 Å². The van der Waals surface area contributed by atoms with Gasteiger partial charge in [0.1, 0.15) is 0 Å². The average molecular weight is 246 g/mol. The SMILES string of the molecule is CCCCCCCCc1ccc(CC(C)C)cc1. The lowest BCUT2D eigenvalue weighted by Gasteiger charge is -2.06. The van der Waals surface area contributed by atoms with E-state index in [1.807, 2.05) is 0 Å². The average Bonchev–Trinajstić information content (AvgIpc) is 2.35. The molecule has 102 valence electrons. The molecule has 0 heteroatoms. The first kappa shape index (κ1) is 15.3. The third-order valence-corrected chi connectivity index (χ3v) is 3.49. The Kier molecular flexibility index (Phi) is 7.80. The minimum absolute atomic E-state index is 0.759. The smallest absolute Gasteiger partial charge is 0.0256 e. The molecule has 0 aliphatic heterocycles. The summed E-state index contributed by atoms with van der Waals surface area (Å²) in [5.74, 6) is 0.759. The van der Waals surface area contributed by atoms with Gasteiger partial charge in [-0.05, 0) is 36.3 Å². The molecule has 0 radical (unpaired) electrons. The summed E-state index contributed by atoms with van der Waals surface area (Å²) >= 11 is 0. The fourth-order valence-corrected chi connectivity index (χ4v) is 2.42. The van der Waals surface area contributed by atoms with Gasteiger partial charge in [-0.2, -0.15) is 0 Å². The maximum atomic E-state index is 2.32. The van der Waals surface area contributed by atoms with Crippen molar-refractivity contribution >= 4 is 0 Å². The predicted octanol–water partition coefficient (Wildman–Crippen LogP) is 5.79. The van der Waals surface area contributed by atoms with Crippen LogP contribution < -0.4 is 0 Å². The first-order chi connectivity index (χ1) is 8.72. The van der Waals surface area contributed by atoms with Crippen LogP contribution in [0.3, 0.4) is 0 Å². The van der Waals surface area contributed by atoms with Crippen LogP contribution in [0, 0.1) is 5.92 Å². The summed E-state index contributed by atoms with van der Waals surface area (Å²) in [6.45, 7) is 6.84. The van der Waals surface area contributed by atoms with Gasteiger partial charge in [-0.3, -0.25) is 0 Å². The van der Waals surface area contributed by atoms with E-state index in [4.69, 9.17) is 0 Å². The summed E-state index contributed by atoms with van der Waals surface area (Å²) in [6, 6.07) is 9.27. The van der Waals surface area contributed by atoms with Gasteiger partial charge >= 0.3 is 0 Å². The molecular formula is C18H30. The third kappa shape index (κ3) is 6.83. The fourth-order valence-electron chi connectivity index (χ4n) is 2.42. The maximum Gasteiger partial charge on any atom is -0.0256 e. The highest BCUT2D eigenvalue weighted by Gasteiger charge is 1.98. The Labute approximate surface area is 114 Å². The van der Waals surface area contributed by atoms with Crippen molar-refractivity contribution in [1.29, 1.82) is 0 Å². The standard InChI is InChI=1S/C18H30/c1-4-5-6-7-8-9-10-17-11-13-18(14-12-17)15-16(2)3/h11-14,16H,4-10,15H2,1-3H3. The lowest BCUT2D eigenvalue weighted by molar-refractivity contribution is 0.607. The molecule has 0 saturated carbocycles. The van der Waals surface area contributed by atoms with Crippen molar-refractivity contribution in [2.75, 3.05) is 0 Å². The highest BCUT2D eigenvalue weighted by Crippen LogP contribution is 2.13. The first-order valence-electron chi connectivity index (χ1n) is 7.80. The molecule has 0 spiro atoms. The molecule has 0 bridgehead atoms. The zero-order chi connectivity index (χ0) is 13.2. The molecule has 0 aliphatic carbocycles. The van der Waals surface area contributed by atoms with E-state index < -0.39 is 0 Å². The molecule has 0 fully saturated rings. The molecule has 0 unspecified atom stereocenters. The van der Waals surface area contributed by atoms with Crippen molar-refractivity contribution in [3.63, 3.8) is 0 Å². The van der Waals surface area contributed by atoms with E-state index in [9.17, 15) is 0 Å². The predicted molar refractivity (Wildman–Crippen MR) is 82.1 cm³/mol. The Balaban J connectivity index is 2.18. The highest BCUT2D eigenvalue weighted by atomic mass is 14.0. The molecule has 1 aromatic rings. The van der Waals surface area contributed by atoms with Gasteiger partial charge in [-0.25, -0.2) is 0 Å². The third-order valence-electron chi connectivity index (χ3n) is 3.49. The monoisotopic (exact) mass is 246 g/mol. The summed E-state index contributed by atoms with van der Waals surface area (Å²) in [6.07, 6.45) is 10.8. The van der Waals surface area contributed by atoms with Crippen LogP contribution in [0.1, 0.15) is 70.4 Å². The molecule has 18 heavy (non-hydrogen) atoms. The summed E-state index contributed by atoms with van der Waals surface area (Å²) in [5, 5.41) is 0. The van der Waals surface area contributed by atoms with Crippen molar-refractivity contribution in [2.24, 2.45) is 5.92 Å². The Morgan fingerprint density at radius 3 is 1.94 bits per heavy atom. The minimum atomic E-state index is 0.759. The van der Waals surface area contributed by atoms with E-state index in [0.29, 0.717) is 0 Å². The van der Waals surface area contributed by atoms with E-state index in [2.05, 4.69) is 45.0 Å². The molecule has 1 rings (SSSR count). The Bertz CT molecular complexity index is 294. The number of rotatable bonds is 9. The second-order valence-corrected chi connectivity index (χ2v) is 5.93. The van der Waals surface area contributed by atoms with Crippen molar-refractivity contribution < 1.29 is 0 Å². The van der Waals surface area contributed by atoms with Crippen LogP contribution in [0.2, 0.25) is 0 Å². The maximum absolute atomic E-state index is 2.32. The topological polar surface area (TPSA) is 0 Å². The number of benzene rings is 1. The Morgan fingerprint density at radius 2 is 1.33 bits per heavy atom. The van der Waals surface area contributed by atoms with Gasteiger partial charge in [0, 0.05) is 0 Å². The molecule has 0 atom stereocenters. The molecule has 0 aromatic heterocycles. The Morgan fingerprint density at radius 1 is 0.778 bits per heavy atom. The van der Waals surface area contributed by atoms with Gasteiger partial charge in [0.15, 0.2) is 0 Å². The molecule has 0 heterocycles. The molecule has 0 saturated heterocycles. The van der Waals surface area contributed by atoms with E-state index in [0.717, 1.165) is 5.92 Å². The summed E-state index contributed by atoms with van der Waals surface area (Å²) < 4.78 is 0. The highest BCUT2D eigenvalue weighted by molar-refractivity contribution is 5.22. The Hall–Kier alpha value is -0.780. The number of unbranched alkanes of at least 4 members (excludes halogenated alkanes) is 5. The van der Waals surface area contributed by atoms with Gasteiger partial charge in [-0.1, -0.05) is 77.1 Å². The first-order valence-corrected chi connectivity index (χ1v) is 7.80. The van der Waals surface area contributed by atoms with Crippen molar-refractivity contribution in [3.8, 4) is 0 Å². The van der Waals surface area contributed by atoms with Crippen LogP contribution in [-0.4, -0.2) is 0 Å². The second kappa shape index (κ2) is 9.19. The molecule has 0 nitrogen and oxygen atoms in total. The van der Waals surface area contributed by atoms with Crippen LogP contribution in [-0.2, 0) is 12.8 Å². The normalized spacial score (nSPS) is 11.1. The molecule has 0 aliphatic rings. The molecule has 0 amide bonds. The number of aryl methyl sites for hydroxylation is 1. The lowest BCUT2D eigenvalue weighted by Crippen LogP contribution is -1.94. The number of hydrogen-bond donors (Lipinski definition) is 0. The van der Waals surface area contributed by atoms with E-state index >= 15 is 0 Å². The van der Waals surface area contributed by atoms with E-state index in [-0.39, 0.29) is 0 Å². The van der Waals surface area contributed by atoms with E-state index in [1.54, 1.807) is 0 Å². The number of hydrogen-bond acceptors (Lipinski definition) is 0. The summed E-state index contributed by atoms with van der Waals surface area (Å²) in [5.41, 5.74) is 3.00. The zero-order valence-electron chi connectivity index (χ0n) is 12.5. The molecular weight excluding hydrogens is 216 g/mol. The second-order valence-electron chi connectivity index (χ2n) is 5.93. The lowest BCUT2D eigenvalue weighted by atomic mass is 9.99. The van der Waals surface area contributed by atoms with E-state index in [1.165, 1.54) is 62.5 Å². The summed E-state index contributed by atoms with van der Waals surface area (Å²) in [4.78, 5) is 0. The van der Waals surface area contributed by atoms with Crippen molar-refractivity contribution in [2.45, 2.75) is 72.1 Å². The van der Waals surface area contributed by atoms with Crippen molar-refractivity contribution in [1.82, 2.24) is 0 Å². The van der Waals surface area contributed by atoms with Crippen LogP contribution >= 0.6 is 0 Å². The molecule has 0 N–H and O–H groups in total. The van der Waals surface area contributed by atoms with Gasteiger partial charge < -0.3 is 0 Å². The van der Waals surface area contributed by atoms with Gasteiger partial charge in [0.05, 0.1) is 0 Å². The van der Waals surface area contributed by atoms with Gasteiger partial charge in [-0.15, -0.1) is 0 Å². The zero-order valence-corrected chi connectivity index (χ0v) is 12.5. The minimum Gasteiger partial charge on any atom is -0.0654 e. The largest absolute Gasteiger partial charge is 0.0654 e. The fraction of sp³-hybridized carbons (Fsp3) is 0.667. The van der Waals surface area contributed by atoms with Crippen LogP contribution in [0.5, 0.6) is 0 Å². The van der Waals surface area contributed by atoms with Crippen LogP contribution in [0.15, 0.2) is 24.3 Å². The molecule has 1 aromatic carbocycles. The van der Waals surface area contributed by atoms with Crippen molar-refractivity contribution in [3.05, 3.63) is 35.4 Å². The van der Waals surface area contributed by atoms with Crippen LogP contribution in [0.25, 0.3) is 0 Å². The van der Waals surface area contributed by atoms with Crippen LogP contribution in [0.4, 0.5) is 0 Å². The van der Waals surface area contributed by atoms with Gasteiger partial charge in [0.25, 0.3) is 0 Å². The quantitative estimate of drug-likeness (QED) is 0.484.